The molecule has 1 fully saturated rings. The maximum absolute atomic E-state index is 12.4. The van der Waals surface area contributed by atoms with E-state index < -0.39 is 54.2 Å². The SMILES string of the molecule is COC(=O)[C@H]1C[C@@H](Oc2ccc(C=O)cc2)[C@H](OC(C)=O)[C@@H](OC(C)=O)[C@@H]1OC(C)=O. The van der Waals surface area contributed by atoms with Crippen molar-refractivity contribution < 1.29 is 47.7 Å². The van der Waals surface area contributed by atoms with Crippen molar-refractivity contribution in [2.45, 2.75) is 51.6 Å². The summed E-state index contributed by atoms with van der Waals surface area (Å²) in [5, 5.41) is 0. The normalized spacial score (nSPS) is 25.0. The fourth-order valence-corrected chi connectivity index (χ4v) is 3.44. The monoisotopic (exact) mass is 436 g/mol. The molecule has 0 heterocycles. The number of benzene rings is 1. The summed E-state index contributed by atoms with van der Waals surface area (Å²) in [6, 6.07) is 6.10. The van der Waals surface area contributed by atoms with Gasteiger partial charge in [0, 0.05) is 32.8 Å². The molecule has 1 aromatic carbocycles. The molecule has 1 aliphatic rings. The van der Waals surface area contributed by atoms with E-state index in [0.29, 0.717) is 17.6 Å². The molecule has 168 valence electrons. The summed E-state index contributed by atoms with van der Waals surface area (Å²) in [5.41, 5.74) is 0.424. The number of hydrogen-bond donors (Lipinski definition) is 0. The van der Waals surface area contributed by atoms with Crippen LogP contribution in [0.3, 0.4) is 0 Å². The first-order valence-electron chi connectivity index (χ1n) is 9.47. The van der Waals surface area contributed by atoms with Crippen molar-refractivity contribution in [2.24, 2.45) is 5.92 Å². The van der Waals surface area contributed by atoms with E-state index in [0.717, 1.165) is 20.8 Å². The lowest BCUT2D eigenvalue weighted by Gasteiger charge is -2.43. The minimum atomic E-state index is -1.32. The fourth-order valence-electron chi connectivity index (χ4n) is 3.44. The zero-order chi connectivity index (χ0) is 23.1. The van der Waals surface area contributed by atoms with Crippen LogP contribution in [-0.2, 0) is 38.1 Å². The van der Waals surface area contributed by atoms with Gasteiger partial charge in [0.1, 0.15) is 24.1 Å². The Bertz CT molecular complexity index is 831. The molecule has 0 unspecified atom stereocenters. The predicted octanol–water partition coefficient (Wildman–Crippen LogP) is 1.23. The highest BCUT2D eigenvalue weighted by Crippen LogP contribution is 2.35. The summed E-state index contributed by atoms with van der Waals surface area (Å²) in [4.78, 5) is 58.5. The second kappa shape index (κ2) is 10.6. The van der Waals surface area contributed by atoms with Gasteiger partial charge in [-0.25, -0.2) is 0 Å². The van der Waals surface area contributed by atoms with Crippen molar-refractivity contribution in [3.8, 4) is 5.75 Å². The quantitative estimate of drug-likeness (QED) is 0.349. The molecule has 1 aromatic rings. The first-order valence-corrected chi connectivity index (χ1v) is 9.47. The number of carbonyl (C=O) groups excluding carboxylic acids is 5. The van der Waals surface area contributed by atoms with Gasteiger partial charge in [-0.05, 0) is 24.3 Å². The third-order valence-corrected chi connectivity index (χ3v) is 4.61. The maximum atomic E-state index is 12.4. The minimum Gasteiger partial charge on any atom is -0.486 e. The van der Waals surface area contributed by atoms with Crippen LogP contribution in [0.5, 0.6) is 5.75 Å². The van der Waals surface area contributed by atoms with Crippen molar-refractivity contribution in [3.05, 3.63) is 29.8 Å². The van der Waals surface area contributed by atoms with E-state index in [1.54, 1.807) is 0 Å². The predicted molar refractivity (Wildman–Crippen MR) is 103 cm³/mol. The number of methoxy groups -OCH3 is 1. The molecule has 0 bridgehead atoms. The topological polar surface area (TPSA) is 132 Å². The number of rotatable bonds is 7. The van der Waals surface area contributed by atoms with Crippen molar-refractivity contribution >= 4 is 30.2 Å². The molecule has 0 radical (unpaired) electrons. The van der Waals surface area contributed by atoms with Crippen molar-refractivity contribution in [2.75, 3.05) is 7.11 Å². The van der Waals surface area contributed by atoms with Gasteiger partial charge in [-0.15, -0.1) is 0 Å². The van der Waals surface area contributed by atoms with E-state index in [9.17, 15) is 24.0 Å². The fraction of sp³-hybridized carbons (Fsp3) is 0.476. The maximum Gasteiger partial charge on any atom is 0.312 e. The van der Waals surface area contributed by atoms with Crippen LogP contribution < -0.4 is 4.74 Å². The number of aldehydes is 1. The molecule has 1 aliphatic carbocycles. The van der Waals surface area contributed by atoms with Crippen molar-refractivity contribution in [1.29, 1.82) is 0 Å². The lowest BCUT2D eigenvalue weighted by Crippen LogP contribution is -2.61. The van der Waals surface area contributed by atoms with E-state index in [4.69, 9.17) is 23.7 Å². The zero-order valence-corrected chi connectivity index (χ0v) is 17.6. The Kier molecular flexibility index (Phi) is 8.12. The first kappa shape index (κ1) is 23.8. The van der Waals surface area contributed by atoms with Gasteiger partial charge in [-0.2, -0.15) is 0 Å². The summed E-state index contributed by atoms with van der Waals surface area (Å²) in [6.07, 6.45) is -4.10. The van der Waals surface area contributed by atoms with Crippen LogP contribution in [0, 0.1) is 5.92 Å². The average molecular weight is 436 g/mol. The lowest BCUT2D eigenvalue weighted by atomic mass is 9.80. The number of hydrogen-bond acceptors (Lipinski definition) is 10. The van der Waals surface area contributed by atoms with Crippen LogP contribution in [0.4, 0.5) is 0 Å². The highest BCUT2D eigenvalue weighted by atomic mass is 16.6. The summed E-state index contributed by atoms with van der Waals surface area (Å²) in [5.74, 6) is -3.59. The van der Waals surface area contributed by atoms with Crippen LogP contribution in [0.1, 0.15) is 37.6 Å². The molecule has 5 atom stereocenters. The zero-order valence-electron chi connectivity index (χ0n) is 17.6. The molecule has 2 rings (SSSR count). The molecule has 10 nitrogen and oxygen atoms in total. The van der Waals surface area contributed by atoms with Crippen LogP contribution in [0.2, 0.25) is 0 Å². The molecule has 0 aromatic heterocycles. The van der Waals surface area contributed by atoms with Gasteiger partial charge in [0.2, 0.25) is 0 Å². The van der Waals surface area contributed by atoms with Gasteiger partial charge in [-0.3, -0.25) is 24.0 Å². The second-order valence-electron chi connectivity index (χ2n) is 6.93. The molecule has 1 saturated carbocycles. The highest BCUT2D eigenvalue weighted by molar-refractivity contribution is 5.76. The number of esters is 4. The standard InChI is InChI=1S/C21H24O10/c1-11(23)28-18-16(21(26)27-4)9-17(31-15-7-5-14(10-22)6-8-15)19(29-12(2)24)20(18)30-13(3)25/h5-8,10,16-20H,9H2,1-4H3/t16-,17+,18+,19-,20-/m0/s1. The van der Waals surface area contributed by atoms with Crippen LogP contribution in [0.15, 0.2) is 24.3 Å². The summed E-state index contributed by atoms with van der Waals surface area (Å²) >= 11 is 0. The smallest absolute Gasteiger partial charge is 0.312 e. The van der Waals surface area contributed by atoms with E-state index in [2.05, 4.69) is 0 Å². The molecule has 0 aliphatic heterocycles. The van der Waals surface area contributed by atoms with Crippen LogP contribution >= 0.6 is 0 Å². The Balaban J connectivity index is 2.47. The summed E-state index contributed by atoms with van der Waals surface area (Å²) in [6.45, 7) is 3.43. The highest BCUT2D eigenvalue weighted by Gasteiger charge is 2.54. The van der Waals surface area contributed by atoms with E-state index in [-0.39, 0.29) is 6.42 Å². The number of carbonyl (C=O) groups is 5. The molecule has 0 spiro atoms. The number of ether oxygens (including phenoxy) is 5. The molecular formula is C21H24O10. The minimum absolute atomic E-state index is 0.0598. The van der Waals surface area contributed by atoms with E-state index >= 15 is 0 Å². The largest absolute Gasteiger partial charge is 0.486 e. The summed E-state index contributed by atoms with van der Waals surface area (Å²) < 4.78 is 26.7. The third-order valence-electron chi connectivity index (χ3n) is 4.61. The van der Waals surface area contributed by atoms with Crippen molar-refractivity contribution in [3.63, 3.8) is 0 Å². The van der Waals surface area contributed by atoms with Gasteiger partial charge in [0.05, 0.1) is 7.11 Å². The Morgan fingerprint density at radius 3 is 1.84 bits per heavy atom. The third kappa shape index (κ3) is 6.27. The van der Waals surface area contributed by atoms with Gasteiger partial charge < -0.3 is 23.7 Å². The van der Waals surface area contributed by atoms with E-state index in [1.807, 2.05) is 0 Å². The van der Waals surface area contributed by atoms with Gasteiger partial charge in [0.15, 0.2) is 18.3 Å². The molecule has 0 saturated heterocycles. The van der Waals surface area contributed by atoms with Gasteiger partial charge >= 0.3 is 23.9 Å². The lowest BCUT2D eigenvalue weighted by molar-refractivity contribution is -0.213. The Labute approximate surface area is 178 Å². The van der Waals surface area contributed by atoms with Crippen molar-refractivity contribution in [1.82, 2.24) is 0 Å². The Morgan fingerprint density at radius 1 is 0.839 bits per heavy atom. The summed E-state index contributed by atoms with van der Waals surface area (Å²) in [7, 11) is 1.17. The van der Waals surface area contributed by atoms with Gasteiger partial charge in [-0.1, -0.05) is 0 Å². The molecule has 0 amide bonds. The first-order chi connectivity index (χ1) is 14.7. The Morgan fingerprint density at radius 2 is 1.35 bits per heavy atom. The average Bonchev–Trinajstić information content (AvgIpc) is 2.71. The Hall–Kier alpha value is -3.43. The molecular weight excluding hydrogens is 412 g/mol. The van der Waals surface area contributed by atoms with E-state index in [1.165, 1.54) is 31.4 Å². The molecule has 31 heavy (non-hydrogen) atoms. The molecule has 10 heteroatoms. The van der Waals surface area contributed by atoms with Crippen LogP contribution in [0.25, 0.3) is 0 Å². The van der Waals surface area contributed by atoms with Crippen LogP contribution in [-0.4, -0.2) is 61.7 Å². The van der Waals surface area contributed by atoms with Gasteiger partial charge in [0.25, 0.3) is 0 Å². The second-order valence-corrected chi connectivity index (χ2v) is 6.93. The molecule has 0 N–H and O–H groups in total.